The van der Waals surface area contributed by atoms with E-state index < -0.39 is 0 Å². The minimum atomic E-state index is 0.871. The van der Waals surface area contributed by atoms with Crippen LogP contribution in [0.1, 0.15) is 63.9 Å². The smallest absolute Gasteiger partial charge is 0.0444 e. The Balaban J connectivity index is 1.80. The molecular formula is C27H31Cl. The first-order valence-electron chi connectivity index (χ1n) is 10.4. The summed E-state index contributed by atoms with van der Waals surface area (Å²) in [6.07, 6.45) is 3.99. The lowest BCUT2D eigenvalue weighted by atomic mass is 9.92. The van der Waals surface area contributed by atoms with Crippen LogP contribution in [0.25, 0.3) is 0 Å². The van der Waals surface area contributed by atoms with Crippen LogP contribution in [0.5, 0.6) is 0 Å². The zero-order valence-electron chi connectivity index (χ0n) is 17.8. The standard InChI is InChI=1S/C27H31Cl/c1-6-21-13-19(4)26(20(5)14-21)16-23-9-11-25(27(28)17-23)15-22-8-10-24(7-2)18(3)12-22/h8-14,17H,6-7,15-16H2,1-5H3. The van der Waals surface area contributed by atoms with Gasteiger partial charge in [-0.2, -0.15) is 0 Å². The van der Waals surface area contributed by atoms with Gasteiger partial charge in [-0.3, -0.25) is 0 Å². The Kier molecular flexibility index (Phi) is 6.62. The van der Waals surface area contributed by atoms with Crippen LogP contribution in [0.2, 0.25) is 5.02 Å². The van der Waals surface area contributed by atoms with E-state index in [0.717, 1.165) is 30.7 Å². The number of hydrogen-bond donors (Lipinski definition) is 0. The van der Waals surface area contributed by atoms with E-state index in [4.69, 9.17) is 11.6 Å². The van der Waals surface area contributed by atoms with Crippen molar-refractivity contribution < 1.29 is 0 Å². The van der Waals surface area contributed by atoms with Crippen LogP contribution < -0.4 is 0 Å². The monoisotopic (exact) mass is 390 g/mol. The molecule has 0 aliphatic carbocycles. The Bertz CT molecular complexity index is 959. The van der Waals surface area contributed by atoms with E-state index in [2.05, 4.69) is 83.1 Å². The maximum absolute atomic E-state index is 6.67. The summed E-state index contributed by atoms with van der Waals surface area (Å²) < 4.78 is 0. The van der Waals surface area contributed by atoms with Gasteiger partial charge in [0.15, 0.2) is 0 Å². The molecule has 0 N–H and O–H groups in total. The summed E-state index contributed by atoms with van der Waals surface area (Å²) in [5.74, 6) is 0. The van der Waals surface area contributed by atoms with Gasteiger partial charge in [-0.1, -0.05) is 67.9 Å². The van der Waals surface area contributed by atoms with Crippen LogP contribution in [-0.4, -0.2) is 0 Å². The fourth-order valence-corrected chi connectivity index (χ4v) is 4.37. The van der Waals surface area contributed by atoms with Gasteiger partial charge in [-0.05, 0) is 103 Å². The van der Waals surface area contributed by atoms with Crippen LogP contribution >= 0.6 is 11.6 Å². The van der Waals surface area contributed by atoms with Gasteiger partial charge in [-0.25, -0.2) is 0 Å². The highest BCUT2D eigenvalue weighted by molar-refractivity contribution is 6.31. The van der Waals surface area contributed by atoms with Crippen molar-refractivity contribution in [2.75, 3.05) is 0 Å². The van der Waals surface area contributed by atoms with Crippen molar-refractivity contribution in [1.82, 2.24) is 0 Å². The summed E-state index contributed by atoms with van der Waals surface area (Å²) in [6, 6.07) is 18.0. The maximum Gasteiger partial charge on any atom is 0.0444 e. The van der Waals surface area contributed by atoms with Crippen LogP contribution in [-0.2, 0) is 25.7 Å². The van der Waals surface area contributed by atoms with Crippen molar-refractivity contribution in [2.24, 2.45) is 0 Å². The van der Waals surface area contributed by atoms with E-state index in [9.17, 15) is 0 Å². The number of hydrogen-bond acceptors (Lipinski definition) is 0. The van der Waals surface area contributed by atoms with Crippen molar-refractivity contribution in [3.63, 3.8) is 0 Å². The zero-order chi connectivity index (χ0) is 20.3. The average molecular weight is 391 g/mol. The Morgan fingerprint density at radius 1 is 0.607 bits per heavy atom. The fraction of sp³-hybridized carbons (Fsp3) is 0.333. The molecule has 0 aliphatic rings. The summed E-state index contributed by atoms with van der Waals surface area (Å²) in [5.41, 5.74) is 12.2. The van der Waals surface area contributed by atoms with Crippen molar-refractivity contribution in [1.29, 1.82) is 0 Å². The predicted octanol–water partition coefficient (Wildman–Crippen LogP) is 7.57. The lowest BCUT2D eigenvalue weighted by Crippen LogP contribution is -1.99. The van der Waals surface area contributed by atoms with E-state index in [1.165, 1.54) is 50.1 Å². The Labute approximate surface area is 175 Å². The van der Waals surface area contributed by atoms with Gasteiger partial charge in [0.2, 0.25) is 0 Å². The fourth-order valence-electron chi connectivity index (χ4n) is 4.10. The summed E-state index contributed by atoms with van der Waals surface area (Å²) in [5, 5.41) is 0.871. The molecule has 0 unspecified atom stereocenters. The second kappa shape index (κ2) is 8.97. The molecule has 0 saturated heterocycles. The lowest BCUT2D eigenvalue weighted by molar-refractivity contribution is 1.06. The van der Waals surface area contributed by atoms with Gasteiger partial charge in [0.25, 0.3) is 0 Å². The molecule has 0 radical (unpaired) electrons. The van der Waals surface area contributed by atoms with Crippen molar-refractivity contribution in [2.45, 2.75) is 60.3 Å². The van der Waals surface area contributed by atoms with Crippen molar-refractivity contribution in [3.05, 3.63) is 104 Å². The summed E-state index contributed by atoms with van der Waals surface area (Å²) in [4.78, 5) is 0. The SMILES string of the molecule is CCc1cc(C)c(Cc2ccc(Cc3ccc(CC)c(C)c3)c(Cl)c2)c(C)c1. The third-order valence-electron chi connectivity index (χ3n) is 5.84. The van der Waals surface area contributed by atoms with E-state index >= 15 is 0 Å². The van der Waals surface area contributed by atoms with Crippen molar-refractivity contribution >= 4 is 11.6 Å². The first kappa shape index (κ1) is 20.7. The predicted molar refractivity (Wildman–Crippen MR) is 123 cm³/mol. The number of aryl methyl sites for hydroxylation is 5. The molecule has 0 heterocycles. The van der Waals surface area contributed by atoms with E-state index in [1.807, 2.05) is 0 Å². The molecule has 0 fully saturated rings. The second-order valence-corrected chi connectivity index (χ2v) is 8.36. The van der Waals surface area contributed by atoms with E-state index in [0.29, 0.717) is 0 Å². The topological polar surface area (TPSA) is 0 Å². The highest BCUT2D eigenvalue weighted by atomic mass is 35.5. The molecule has 3 aromatic carbocycles. The molecule has 0 saturated carbocycles. The Morgan fingerprint density at radius 3 is 1.71 bits per heavy atom. The van der Waals surface area contributed by atoms with Crippen LogP contribution in [0, 0.1) is 20.8 Å². The summed E-state index contributed by atoms with van der Waals surface area (Å²) in [7, 11) is 0. The summed E-state index contributed by atoms with van der Waals surface area (Å²) in [6.45, 7) is 11.1. The molecule has 0 atom stereocenters. The molecule has 0 spiro atoms. The second-order valence-electron chi connectivity index (χ2n) is 7.96. The van der Waals surface area contributed by atoms with E-state index in [-0.39, 0.29) is 0 Å². The average Bonchev–Trinajstić information content (AvgIpc) is 2.66. The molecular weight excluding hydrogens is 360 g/mol. The first-order valence-corrected chi connectivity index (χ1v) is 10.7. The number of halogens is 1. The quantitative estimate of drug-likeness (QED) is 0.407. The van der Waals surface area contributed by atoms with Crippen LogP contribution in [0.15, 0.2) is 48.5 Å². The Hall–Kier alpha value is -2.05. The Morgan fingerprint density at radius 2 is 1.18 bits per heavy atom. The normalized spacial score (nSPS) is 11.1. The molecule has 0 aliphatic heterocycles. The maximum atomic E-state index is 6.67. The summed E-state index contributed by atoms with van der Waals surface area (Å²) >= 11 is 6.67. The molecule has 0 amide bonds. The largest absolute Gasteiger partial charge is 0.0840 e. The van der Waals surface area contributed by atoms with Gasteiger partial charge in [0.1, 0.15) is 0 Å². The van der Waals surface area contributed by atoms with Gasteiger partial charge < -0.3 is 0 Å². The van der Waals surface area contributed by atoms with Gasteiger partial charge in [0.05, 0.1) is 0 Å². The van der Waals surface area contributed by atoms with Crippen LogP contribution in [0.3, 0.4) is 0 Å². The zero-order valence-corrected chi connectivity index (χ0v) is 18.6. The molecule has 1 heteroatoms. The minimum Gasteiger partial charge on any atom is -0.0840 e. The molecule has 146 valence electrons. The first-order chi connectivity index (χ1) is 13.4. The third-order valence-corrected chi connectivity index (χ3v) is 6.20. The molecule has 0 aromatic heterocycles. The highest BCUT2D eigenvalue weighted by Gasteiger charge is 2.09. The molecule has 3 rings (SSSR count). The van der Waals surface area contributed by atoms with E-state index in [1.54, 1.807) is 0 Å². The number of rotatable bonds is 6. The third kappa shape index (κ3) is 4.67. The highest BCUT2D eigenvalue weighted by Crippen LogP contribution is 2.26. The van der Waals surface area contributed by atoms with Gasteiger partial charge in [-0.15, -0.1) is 0 Å². The van der Waals surface area contributed by atoms with Gasteiger partial charge in [0, 0.05) is 5.02 Å². The molecule has 0 nitrogen and oxygen atoms in total. The molecule has 28 heavy (non-hydrogen) atoms. The van der Waals surface area contributed by atoms with Crippen molar-refractivity contribution in [3.8, 4) is 0 Å². The minimum absolute atomic E-state index is 0.871. The van der Waals surface area contributed by atoms with Crippen LogP contribution in [0.4, 0.5) is 0 Å². The number of benzene rings is 3. The molecule has 3 aromatic rings. The van der Waals surface area contributed by atoms with Gasteiger partial charge >= 0.3 is 0 Å². The lowest BCUT2D eigenvalue weighted by Gasteiger charge is -2.14. The molecule has 0 bridgehead atoms.